The predicted molar refractivity (Wildman–Crippen MR) is 71.8 cm³/mol. The van der Waals surface area contributed by atoms with Crippen molar-refractivity contribution in [2.24, 2.45) is 5.92 Å². The molecule has 1 aromatic rings. The van der Waals surface area contributed by atoms with Crippen molar-refractivity contribution in [2.45, 2.75) is 32.6 Å². The second-order valence-electron chi connectivity index (χ2n) is 4.86. The van der Waals surface area contributed by atoms with Gasteiger partial charge >= 0.3 is 0 Å². The molecule has 0 unspecified atom stereocenters. The van der Waals surface area contributed by atoms with Crippen molar-refractivity contribution in [2.75, 3.05) is 6.61 Å². The zero-order valence-corrected chi connectivity index (χ0v) is 11.1. The Morgan fingerprint density at radius 2 is 2.00 bits per heavy atom. The molecule has 1 heterocycles. The van der Waals surface area contributed by atoms with Gasteiger partial charge in [0.2, 0.25) is 11.8 Å². The summed E-state index contributed by atoms with van der Waals surface area (Å²) in [5.41, 5.74) is 1.05. The van der Waals surface area contributed by atoms with Crippen molar-refractivity contribution in [3.63, 3.8) is 0 Å². The van der Waals surface area contributed by atoms with E-state index in [0.717, 1.165) is 30.8 Å². The average Bonchev–Trinajstić information content (AvgIpc) is 2.70. The summed E-state index contributed by atoms with van der Waals surface area (Å²) in [7, 11) is 0. The van der Waals surface area contributed by atoms with Crippen LogP contribution in [0.25, 0.3) is 0 Å². The van der Waals surface area contributed by atoms with Crippen molar-refractivity contribution in [1.29, 1.82) is 0 Å². The number of carbonyl (C=O) groups excluding carboxylic acids is 2. The first-order chi connectivity index (χ1) is 9.19. The van der Waals surface area contributed by atoms with E-state index >= 15 is 0 Å². The Morgan fingerprint density at radius 1 is 1.26 bits per heavy atom. The number of hydrogen-bond donors (Lipinski definition) is 1. The lowest BCUT2D eigenvalue weighted by Crippen LogP contribution is -2.22. The summed E-state index contributed by atoms with van der Waals surface area (Å²) in [5.74, 6) is 0.298. The van der Waals surface area contributed by atoms with Crippen LogP contribution in [0.1, 0.15) is 31.7 Å². The van der Waals surface area contributed by atoms with E-state index in [1.165, 1.54) is 0 Å². The van der Waals surface area contributed by atoms with Gasteiger partial charge in [-0.15, -0.1) is 0 Å². The third kappa shape index (κ3) is 3.81. The second kappa shape index (κ2) is 6.36. The number of hydrogen-bond acceptors (Lipinski definition) is 3. The Labute approximate surface area is 113 Å². The van der Waals surface area contributed by atoms with E-state index in [2.05, 4.69) is 12.2 Å². The molecule has 1 N–H and O–H groups in total. The van der Waals surface area contributed by atoms with E-state index in [1.54, 1.807) is 0 Å². The smallest absolute Gasteiger partial charge is 0.230 e. The predicted octanol–water partition coefficient (Wildman–Crippen LogP) is 2.07. The minimum Gasteiger partial charge on any atom is -0.494 e. The first-order valence-corrected chi connectivity index (χ1v) is 6.74. The molecule has 1 fully saturated rings. The molecule has 1 aromatic carbocycles. The Bertz CT molecular complexity index is 453. The standard InChI is InChI=1S/C15H19NO3/c1-2-3-8-19-13-6-4-11(5-7-13)9-12-10-14(17)16-15(12)18/h4-7,12H,2-3,8-10H2,1H3,(H,16,17,18)/t12-/m1/s1. The maximum absolute atomic E-state index is 11.5. The molecular weight excluding hydrogens is 242 g/mol. The van der Waals surface area contributed by atoms with E-state index < -0.39 is 0 Å². The van der Waals surface area contributed by atoms with Gasteiger partial charge in [0.25, 0.3) is 0 Å². The highest BCUT2D eigenvalue weighted by molar-refractivity contribution is 6.03. The Hall–Kier alpha value is -1.84. The molecule has 0 saturated carbocycles. The number of nitrogens with one attached hydrogen (secondary N) is 1. The average molecular weight is 261 g/mol. The van der Waals surface area contributed by atoms with Crippen LogP contribution in [-0.2, 0) is 16.0 Å². The van der Waals surface area contributed by atoms with Crippen LogP contribution >= 0.6 is 0 Å². The molecule has 0 aromatic heterocycles. The lowest BCUT2D eigenvalue weighted by Gasteiger charge is -2.08. The summed E-state index contributed by atoms with van der Waals surface area (Å²) < 4.78 is 5.58. The number of ether oxygens (including phenoxy) is 1. The molecule has 0 bridgehead atoms. The van der Waals surface area contributed by atoms with Crippen molar-refractivity contribution in [1.82, 2.24) is 5.32 Å². The van der Waals surface area contributed by atoms with Gasteiger partial charge in [-0.05, 0) is 30.5 Å². The molecule has 0 radical (unpaired) electrons. The molecule has 1 aliphatic rings. The minimum absolute atomic E-state index is 0.159. The van der Waals surface area contributed by atoms with Crippen LogP contribution in [0.3, 0.4) is 0 Å². The Balaban J connectivity index is 1.88. The summed E-state index contributed by atoms with van der Waals surface area (Å²) in [6.45, 7) is 2.86. The SMILES string of the molecule is CCCCOc1ccc(C[C@@H]2CC(=O)NC2=O)cc1. The van der Waals surface area contributed by atoms with Crippen LogP contribution in [0.4, 0.5) is 0 Å². The molecule has 1 aliphatic heterocycles. The van der Waals surface area contributed by atoms with Gasteiger partial charge in [0.15, 0.2) is 0 Å². The molecule has 102 valence electrons. The number of carbonyl (C=O) groups is 2. The highest BCUT2D eigenvalue weighted by Gasteiger charge is 2.30. The van der Waals surface area contributed by atoms with Crippen LogP contribution in [0.2, 0.25) is 0 Å². The molecule has 19 heavy (non-hydrogen) atoms. The first-order valence-electron chi connectivity index (χ1n) is 6.74. The number of rotatable bonds is 6. The zero-order valence-electron chi connectivity index (χ0n) is 11.1. The van der Waals surface area contributed by atoms with E-state index in [1.807, 2.05) is 24.3 Å². The normalized spacial score (nSPS) is 18.5. The van der Waals surface area contributed by atoms with Gasteiger partial charge in [0.05, 0.1) is 12.5 Å². The lowest BCUT2D eigenvalue weighted by molar-refractivity contribution is -0.125. The van der Waals surface area contributed by atoms with Crippen molar-refractivity contribution < 1.29 is 14.3 Å². The summed E-state index contributed by atoms with van der Waals surface area (Å²) in [6, 6.07) is 7.74. The van der Waals surface area contributed by atoms with Crippen molar-refractivity contribution >= 4 is 11.8 Å². The summed E-state index contributed by atoms with van der Waals surface area (Å²) in [4.78, 5) is 22.6. The Morgan fingerprint density at radius 3 is 2.58 bits per heavy atom. The molecule has 1 saturated heterocycles. The lowest BCUT2D eigenvalue weighted by atomic mass is 9.98. The fourth-order valence-corrected chi connectivity index (χ4v) is 2.11. The molecule has 2 rings (SSSR count). The summed E-state index contributed by atoms with van der Waals surface area (Å²) in [6.07, 6.45) is 3.06. The molecule has 1 atom stereocenters. The van der Waals surface area contributed by atoms with Crippen LogP contribution < -0.4 is 10.1 Å². The number of amides is 2. The molecule has 4 nitrogen and oxygen atoms in total. The third-order valence-corrected chi connectivity index (χ3v) is 3.24. The monoisotopic (exact) mass is 261 g/mol. The summed E-state index contributed by atoms with van der Waals surface area (Å²) >= 11 is 0. The van der Waals surface area contributed by atoms with E-state index in [-0.39, 0.29) is 17.7 Å². The van der Waals surface area contributed by atoms with E-state index in [0.29, 0.717) is 12.8 Å². The number of unbranched alkanes of at least 4 members (excludes halogenated alkanes) is 1. The van der Waals surface area contributed by atoms with E-state index in [4.69, 9.17) is 4.74 Å². The zero-order chi connectivity index (χ0) is 13.7. The van der Waals surface area contributed by atoms with Gasteiger partial charge in [-0.1, -0.05) is 25.5 Å². The number of benzene rings is 1. The van der Waals surface area contributed by atoms with Gasteiger partial charge in [0.1, 0.15) is 5.75 Å². The summed E-state index contributed by atoms with van der Waals surface area (Å²) in [5, 5.41) is 2.33. The fraction of sp³-hybridized carbons (Fsp3) is 0.467. The van der Waals surface area contributed by atoms with Crippen molar-refractivity contribution in [3.05, 3.63) is 29.8 Å². The largest absolute Gasteiger partial charge is 0.494 e. The highest BCUT2D eigenvalue weighted by atomic mass is 16.5. The third-order valence-electron chi connectivity index (χ3n) is 3.24. The van der Waals surface area contributed by atoms with Gasteiger partial charge in [-0.3, -0.25) is 14.9 Å². The van der Waals surface area contributed by atoms with Gasteiger partial charge in [-0.2, -0.15) is 0 Å². The molecular formula is C15H19NO3. The molecule has 0 spiro atoms. The van der Waals surface area contributed by atoms with Crippen LogP contribution in [0.5, 0.6) is 5.75 Å². The van der Waals surface area contributed by atoms with Crippen molar-refractivity contribution in [3.8, 4) is 5.75 Å². The maximum atomic E-state index is 11.5. The molecule has 4 heteroatoms. The maximum Gasteiger partial charge on any atom is 0.230 e. The van der Waals surface area contributed by atoms with Gasteiger partial charge in [-0.25, -0.2) is 0 Å². The van der Waals surface area contributed by atoms with E-state index in [9.17, 15) is 9.59 Å². The quantitative estimate of drug-likeness (QED) is 0.630. The van der Waals surface area contributed by atoms with Crippen LogP contribution in [0, 0.1) is 5.92 Å². The van der Waals surface area contributed by atoms with Crippen LogP contribution in [0.15, 0.2) is 24.3 Å². The van der Waals surface area contributed by atoms with Gasteiger partial charge < -0.3 is 4.74 Å². The Kier molecular flexibility index (Phi) is 4.55. The highest BCUT2D eigenvalue weighted by Crippen LogP contribution is 2.19. The second-order valence-corrected chi connectivity index (χ2v) is 4.86. The first kappa shape index (κ1) is 13.6. The molecule has 0 aliphatic carbocycles. The minimum atomic E-state index is -0.223. The number of imide groups is 1. The topological polar surface area (TPSA) is 55.4 Å². The molecule has 2 amide bonds. The van der Waals surface area contributed by atoms with Gasteiger partial charge in [0, 0.05) is 6.42 Å². The van der Waals surface area contributed by atoms with Crippen LogP contribution in [-0.4, -0.2) is 18.4 Å². The fourth-order valence-electron chi connectivity index (χ4n) is 2.11.